The summed E-state index contributed by atoms with van der Waals surface area (Å²) in [6.07, 6.45) is 5.09. The minimum Gasteiger partial charge on any atom is -0.395 e. The first kappa shape index (κ1) is 14.5. The van der Waals surface area contributed by atoms with E-state index < -0.39 is 0 Å². The molecule has 0 saturated carbocycles. The van der Waals surface area contributed by atoms with Crippen LogP contribution >= 0.6 is 0 Å². The van der Waals surface area contributed by atoms with E-state index in [9.17, 15) is 4.79 Å². The third-order valence-electron chi connectivity index (χ3n) is 3.23. The standard InChI is InChI=1S/C16H20N2O2/c1-2-9-18(10-11-19)16(20)14-7-8-17-15-6-4-3-5-13(15)12-14/h3-6,8,12,19H,2,7,9-11H2,1H3. The molecule has 0 unspecified atom stereocenters. The van der Waals surface area contributed by atoms with E-state index in [0.717, 1.165) is 23.2 Å². The van der Waals surface area contributed by atoms with Crippen LogP contribution in [0.25, 0.3) is 6.08 Å². The van der Waals surface area contributed by atoms with Gasteiger partial charge in [0, 0.05) is 36.9 Å². The van der Waals surface area contributed by atoms with Gasteiger partial charge in [0.25, 0.3) is 0 Å². The minimum absolute atomic E-state index is 0.0101. The fourth-order valence-electron chi connectivity index (χ4n) is 2.27. The average Bonchev–Trinajstić information content (AvgIpc) is 2.68. The van der Waals surface area contributed by atoms with Gasteiger partial charge in [0.2, 0.25) is 5.91 Å². The van der Waals surface area contributed by atoms with Crippen LogP contribution in [0.2, 0.25) is 0 Å². The molecule has 0 aromatic heterocycles. The number of benzene rings is 1. The average molecular weight is 272 g/mol. The van der Waals surface area contributed by atoms with Crippen molar-refractivity contribution in [2.24, 2.45) is 4.99 Å². The maximum atomic E-state index is 12.5. The van der Waals surface area contributed by atoms with Crippen LogP contribution in [-0.2, 0) is 4.79 Å². The second-order valence-corrected chi connectivity index (χ2v) is 4.76. The van der Waals surface area contributed by atoms with Crippen molar-refractivity contribution >= 4 is 23.9 Å². The molecule has 106 valence electrons. The second-order valence-electron chi connectivity index (χ2n) is 4.76. The summed E-state index contributed by atoms with van der Waals surface area (Å²) in [6.45, 7) is 3.05. The molecule has 0 spiro atoms. The molecular formula is C16H20N2O2. The smallest absolute Gasteiger partial charge is 0.250 e. The van der Waals surface area contributed by atoms with Crippen LogP contribution in [0.4, 0.5) is 5.69 Å². The molecule has 2 rings (SSSR count). The Morgan fingerprint density at radius 1 is 1.35 bits per heavy atom. The van der Waals surface area contributed by atoms with Crippen molar-refractivity contribution in [2.75, 3.05) is 19.7 Å². The lowest BCUT2D eigenvalue weighted by molar-refractivity contribution is -0.127. The maximum Gasteiger partial charge on any atom is 0.250 e. The Morgan fingerprint density at radius 2 is 2.15 bits per heavy atom. The minimum atomic E-state index is -0.0102. The van der Waals surface area contributed by atoms with Crippen LogP contribution in [0.15, 0.2) is 34.8 Å². The van der Waals surface area contributed by atoms with Crippen LogP contribution in [0.1, 0.15) is 25.3 Å². The van der Waals surface area contributed by atoms with Gasteiger partial charge in [0.05, 0.1) is 12.3 Å². The van der Waals surface area contributed by atoms with Crippen molar-refractivity contribution in [3.63, 3.8) is 0 Å². The van der Waals surface area contributed by atoms with Gasteiger partial charge in [-0.25, -0.2) is 0 Å². The molecule has 4 nitrogen and oxygen atoms in total. The first-order valence-corrected chi connectivity index (χ1v) is 6.98. The number of hydrogen-bond acceptors (Lipinski definition) is 3. The summed E-state index contributed by atoms with van der Waals surface area (Å²) in [7, 11) is 0. The van der Waals surface area contributed by atoms with Gasteiger partial charge < -0.3 is 10.0 Å². The number of nitrogens with zero attached hydrogens (tertiary/aromatic N) is 2. The molecule has 4 heteroatoms. The highest BCUT2D eigenvalue weighted by Gasteiger charge is 2.18. The number of carbonyl (C=O) groups is 1. The summed E-state index contributed by atoms with van der Waals surface area (Å²) < 4.78 is 0. The predicted octanol–water partition coefficient (Wildman–Crippen LogP) is 2.41. The number of aliphatic hydroxyl groups is 1. The third-order valence-corrected chi connectivity index (χ3v) is 3.23. The molecule has 0 atom stereocenters. The maximum absolute atomic E-state index is 12.5. The largest absolute Gasteiger partial charge is 0.395 e. The van der Waals surface area contributed by atoms with E-state index in [4.69, 9.17) is 5.11 Å². The molecular weight excluding hydrogens is 252 g/mol. The molecule has 20 heavy (non-hydrogen) atoms. The van der Waals surface area contributed by atoms with E-state index in [-0.39, 0.29) is 12.5 Å². The number of rotatable bonds is 5. The highest BCUT2D eigenvalue weighted by Crippen LogP contribution is 2.25. The van der Waals surface area contributed by atoms with E-state index in [0.29, 0.717) is 19.5 Å². The first-order chi connectivity index (χ1) is 9.76. The molecule has 0 radical (unpaired) electrons. The van der Waals surface area contributed by atoms with Crippen molar-refractivity contribution < 1.29 is 9.90 Å². The lowest BCUT2D eigenvalue weighted by Crippen LogP contribution is -2.35. The molecule has 0 saturated heterocycles. The summed E-state index contributed by atoms with van der Waals surface area (Å²) in [5, 5.41) is 9.08. The van der Waals surface area contributed by atoms with Gasteiger partial charge in [0.1, 0.15) is 0 Å². The number of aliphatic imine (C=N–C) groups is 1. The lowest BCUT2D eigenvalue weighted by Gasteiger charge is -2.22. The van der Waals surface area contributed by atoms with Crippen LogP contribution < -0.4 is 0 Å². The zero-order valence-electron chi connectivity index (χ0n) is 11.7. The van der Waals surface area contributed by atoms with Gasteiger partial charge in [0.15, 0.2) is 0 Å². The molecule has 1 N–H and O–H groups in total. The van der Waals surface area contributed by atoms with Crippen molar-refractivity contribution in [3.8, 4) is 0 Å². The molecule has 0 aliphatic carbocycles. The molecule has 1 aromatic carbocycles. The predicted molar refractivity (Wildman–Crippen MR) is 81.1 cm³/mol. The number of aliphatic hydroxyl groups excluding tert-OH is 1. The van der Waals surface area contributed by atoms with Crippen LogP contribution in [0.3, 0.4) is 0 Å². The molecule has 1 amide bonds. The van der Waals surface area contributed by atoms with Crippen LogP contribution in [0.5, 0.6) is 0 Å². The number of carbonyl (C=O) groups excluding carboxylic acids is 1. The normalized spacial score (nSPS) is 13.4. The fraction of sp³-hybridized carbons (Fsp3) is 0.375. The Bertz CT molecular complexity index is 529. The van der Waals surface area contributed by atoms with Gasteiger partial charge in [-0.05, 0) is 18.6 Å². The van der Waals surface area contributed by atoms with E-state index in [1.807, 2.05) is 37.3 Å². The van der Waals surface area contributed by atoms with Crippen LogP contribution in [0, 0.1) is 0 Å². The summed E-state index contributed by atoms with van der Waals surface area (Å²) >= 11 is 0. The number of hydrogen-bond donors (Lipinski definition) is 1. The Labute approximate surface area is 119 Å². The van der Waals surface area contributed by atoms with Gasteiger partial charge in [-0.2, -0.15) is 0 Å². The lowest BCUT2D eigenvalue weighted by atomic mass is 10.1. The topological polar surface area (TPSA) is 52.9 Å². The summed E-state index contributed by atoms with van der Waals surface area (Å²) in [5.41, 5.74) is 2.57. The van der Waals surface area contributed by atoms with Gasteiger partial charge in [-0.15, -0.1) is 0 Å². The van der Waals surface area contributed by atoms with Crippen molar-refractivity contribution in [1.29, 1.82) is 0 Å². The van der Waals surface area contributed by atoms with Gasteiger partial charge >= 0.3 is 0 Å². The summed E-state index contributed by atoms with van der Waals surface area (Å²) in [5.74, 6) is -0.0101. The third kappa shape index (κ3) is 3.33. The SMILES string of the molecule is CCCN(CCO)C(=O)C1=Cc2ccccc2N=CC1. The summed E-state index contributed by atoms with van der Waals surface area (Å²) in [6, 6.07) is 7.77. The highest BCUT2D eigenvalue weighted by molar-refractivity contribution is 6.02. The van der Waals surface area contributed by atoms with Crippen LogP contribution in [-0.4, -0.2) is 41.8 Å². The molecule has 0 fully saturated rings. The Balaban J connectivity index is 2.26. The highest BCUT2D eigenvalue weighted by atomic mass is 16.3. The zero-order valence-corrected chi connectivity index (χ0v) is 11.7. The molecule has 1 heterocycles. The summed E-state index contributed by atoms with van der Waals surface area (Å²) in [4.78, 5) is 18.6. The monoisotopic (exact) mass is 272 g/mol. The van der Waals surface area contributed by atoms with E-state index in [1.54, 1.807) is 11.1 Å². The van der Waals surface area contributed by atoms with Crippen molar-refractivity contribution in [2.45, 2.75) is 19.8 Å². The Morgan fingerprint density at radius 3 is 2.90 bits per heavy atom. The molecule has 1 aliphatic rings. The Hall–Kier alpha value is -1.94. The Kier molecular flexibility index (Phi) is 5.07. The molecule has 0 bridgehead atoms. The first-order valence-electron chi connectivity index (χ1n) is 6.98. The quantitative estimate of drug-likeness (QED) is 0.895. The van der Waals surface area contributed by atoms with Gasteiger partial charge in [-0.3, -0.25) is 9.79 Å². The van der Waals surface area contributed by atoms with Crippen molar-refractivity contribution in [1.82, 2.24) is 4.90 Å². The second kappa shape index (κ2) is 7.01. The molecule has 1 aromatic rings. The number of para-hydroxylation sites is 1. The number of fused-ring (bicyclic) bond motifs is 1. The van der Waals surface area contributed by atoms with Gasteiger partial charge in [-0.1, -0.05) is 25.1 Å². The van der Waals surface area contributed by atoms with E-state index in [2.05, 4.69) is 4.99 Å². The number of amides is 1. The molecule has 1 aliphatic heterocycles. The van der Waals surface area contributed by atoms with E-state index in [1.165, 1.54) is 0 Å². The zero-order chi connectivity index (χ0) is 14.4. The van der Waals surface area contributed by atoms with E-state index >= 15 is 0 Å². The fourth-order valence-corrected chi connectivity index (χ4v) is 2.27. The van der Waals surface area contributed by atoms with Crippen molar-refractivity contribution in [3.05, 3.63) is 35.4 Å².